The van der Waals surface area contributed by atoms with Gasteiger partial charge in [-0.15, -0.1) is 13.2 Å². The van der Waals surface area contributed by atoms with Gasteiger partial charge in [0.25, 0.3) is 0 Å². The lowest BCUT2D eigenvalue weighted by Crippen LogP contribution is -1.87. The van der Waals surface area contributed by atoms with Gasteiger partial charge < -0.3 is 0 Å². The van der Waals surface area contributed by atoms with Crippen molar-refractivity contribution in [3.63, 3.8) is 0 Å². The van der Waals surface area contributed by atoms with Crippen LogP contribution in [0.5, 0.6) is 0 Å². The van der Waals surface area contributed by atoms with Gasteiger partial charge in [0.1, 0.15) is 0 Å². The van der Waals surface area contributed by atoms with Crippen molar-refractivity contribution >= 4 is 0 Å². The first-order valence-corrected chi connectivity index (χ1v) is 14.6. The van der Waals surface area contributed by atoms with Gasteiger partial charge in [0.15, 0.2) is 0 Å². The molecular weight excluding hydrogens is 444 g/mol. The van der Waals surface area contributed by atoms with E-state index in [1.54, 1.807) is 0 Å². The third-order valence-electron chi connectivity index (χ3n) is 6.42. The second-order valence-electron chi connectivity index (χ2n) is 9.76. The molecule has 2 aromatic rings. The zero-order valence-electron chi connectivity index (χ0n) is 24.1. The number of benzene rings is 2. The van der Waals surface area contributed by atoms with Crippen LogP contribution in [0.4, 0.5) is 0 Å². The molecule has 2 unspecified atom stereocenters. The van der Waals surface area contributed by atoms with Gasteiger partial charge in [-0.3, -0.25) is 0 Å². The summed E-state index contributed by atoms with van der Waals surface area (Å²) >= 11 is 0. The summed E-state index contributed by atoms with van der Waals surface area (Å²) in [7, 11) is 0. The summed E-state index contributed by atoms with van der Waals surface area (Å²) < 4.78 is 0. The lowest BCUT2D eigenvalue weighted by molar-refractivity contribution is 0.637. The molecule has 0 aliphatic heterocycles. The molecule has 0 aromatic heterocycles. The van der Waals surface area contributed by atoms with Gasteiger partial charge in [0.2, 0.25) is 0 Å². The molecule has 2 aromatic carbocycles. The van der Waals surface area contributed by atoms with E-state index in [-0.39, 0.29) is 7.43 Å². The highest BCUT2D eigenvalue weighted by molar-refractivity contribution is 5.23. The fraction of sp³-hybridized carbons (Fsp3) is 0.514. The van der Waals surface area contributed by atoms with E-state index in [1.165, 1.54) is 88.2 Å². The highest BCUT2D eigenvalue weighted by Gasteiger charge is 1.98. The van der Waals surface area contributed by atoms with Gasteiger partial charge in [-0.1, -0.05) is 171 Å². The Morgan fingerprint density at radius 2 is 1.03 bits per heavy atom. The van der Waals surface area contributed by atoms with Crippen molar-refractivity contribution in [2.45, 2.75) is 124 Å². The maximum atomic E-state index is 3.74. The summed E-state index contributed by atoms with van der Waals surface area (Å²) in [6.45, 7) is 16.3. The molecule has 0 aliphatic carbocycles. The number of rotatable bonds is 16. The molecule has 208 valence electrons. The topological polar surface area (TPSA) is 0 Å². The van der Waals surface area contributed by atoms with Crippen molar-refractivity contribution in [3.8, 4) is 0 Å². The van der Waals surface area contributed by atoms with Gasteiger partial charge in [-0.05, 0) is 48.6 Å². The molecule has 0 amide bonds. The van der Waals surface area contributed by atoms with E-state index in [9.17, 15) is 0 Å². The molecule has 2 atom stereocenters. The average molecular weight is 505 g/mol. The number of hydrogen-bond donors (Lipinski definition) is 0. The predicted octanol–water partition coefficient (Wildman–Crippen LogP) is 12.9. The van der Waals surface area contributed by atoms with Crippen LogP contribution in [0.3, 0.4) is 0 Å². The molecule has 0 bridgehead atoms. The van der Waals surface area contributed by atoms with Crippen LogP contribution in [0, 0.1) is 0 Å². The van der Waals surface area contributed by atoms with Crippen LogP contribution < -0.4 is 0 Å². The van der Waals surface area contributed by atoms with E-state index in [4.69, 9.17) is 0 Å². The number of allylic oxidation sites excluding steroid dienone is 4. The first kappa shape index (κ1) is 36.8. The molecular formula is C37H60. The first-order valence-electron chi connectivity index (χ1n) is 14.6. The SMILES string of the molecule is C.C=CC(C)c1ccccc1.C=CCCCCCCC.CCCCCCCC=CC(C)c1ccccc1. The second-order valence-corrected chi connectivity index (χ2v) is 9.76. The molecule has 0 heterocycles. The van der Waals surface area contributed by atoms with Crippen LogP contribution in [0.2, 0.25) is 0 Å². The minimum absolute atomic E-state index is 0. The monoisotopic (exact) mass is 504 g/mol. The lowest BCUT2D eigenvalue weighted by atomic mass is 10.0. The molecule has 37 heavy (non-hydrogen) atoms. The normalized spacial score (nSPS) is 11.7. The standard InChI is InChI=1S/C17H26.C10H12.C9H18.CH4/c1-3-4-5-6-7-8-10-13-16(2)17-14-11-9-12-15-17;1-3-9(2)10-7-5-4-6-8-10;1-3-5-7-9-8-6-4-2;/h9-16H,3-8H2,1-2H3;3-9H,1H2,2H3;3H,1,4-9H2,2H3;1H4. The third kappa shape index (κ3) is 22.6. The summed E-state index contributed by atoms with van der Waals surface area (Å²) in [5, 5.41) is 0. The van der Waals surface area contributed by atoms with E-state index < -0.39 is 0 Å². The zero-order valence-corrected chi connectivity index (χ0v) is 24.1. The average Bonchev–Trinajstić information content (AvgIpc) is 2.93. The van der Waals surface area contributed by atoms with Crippen molar-refractivity contribution in [3.05, 3.63) is 109 Å². The Hall–Kier alpha value is -2.34. The van der Waals surface area contributed by atoms with Crippen LogP contribution in [0.15, 0.2) is 98.1 Å². The predicted molar refractivity (Wildman–Crippen MR) is 173 cm³/mol. The van der Waals surface area contributed by atoms with E-state index in [0.29, 0.717) is 11.8 Å². The molecule has 0 N–H and O–H groups in total. The summed E-state index contributed by atoms with van der Waals surface area (Å²) in [4.78, 5) is 0. The Bertz CT molecular complexity index is 740. The molecule has 0 fully saturated rings. The van der Waals surface area contributed by atoms with Crippen LogP contribution in [-0.4, -0.2) is 0 Å². The highest BCUT2D eigenvalue weighted by atomic mass is 14.0. The first-order chi connectivity index (χ1) is 17.6. The Morgan fingerprint density at radius 1 is 0.595 bits per heavy atom. The van der Waals surface area contributed by atoms with Crippen LogP contribution in [0.25, 0.3) is 0 Å². The fourth-order valence-corrected chi connectivity index (χ4v) is 3.82. The minimum atomic E-state index is 0. The summed E-state index contributed by atoms with van der Waals surface area (Å²) in [5.41, 5.74) is 2.74. The Balaban J connectivity index is 0. The van der Waals surface area contributed by atoms with Gasteiger partial charge in [0, 0.05) is 0 Å². The third-order valence-corrected chi connectivity index (χ3v) is 6.42. The Kier molecular flexibility index (Phi) is 28.1. The molecule has 0 saturated carbocycles. The van der Waals surface area contributed by atoms with Crippen molar-refractivity contribution in [2.24, 2.45) is 0 Å². The fourth-order valence-electron chi connectivity index (χ4n) is 3.82. The lowest BCUT2D eigenvalue weighted by Gasteiger charge is -2.05. The van der Waals surface area contributed by atoms with Gasteiger partial charge in [-0.2, -0.15) is 0 Å². The van der Waals surface area contributed by atoms with Crippen molar-refractivity contribution in [1.29, 1.82) is 0 Å². The van der Waals surface area contributed by atoms with E-state index in [2.05, 4.69) is 108 Å². The maximum absolute atomic E-state index is 3.74. The number of hydrogen-bond acceptors (Lipinski definition) is 0. The Morgan fingerprint density at radius 3 is 1.46 bits per heavy atom. The largest absolute Gasteiger partial charge is 0.103 e. The number of unbranched alkanes of at least 4 members (excludes halogenated alkanes) is 10. The van der Waals surface area contributed by atoms with Crippen LogP contribution in [0.1, 0.15) is 135 Å². The molecule has 0 radical (unpaired) electrons. The second kappa shape index (κ2) is 28.2. The molecule has 0 spiro atoms. The van der Waals surface area contributed by atoms with Gasteiger partial charge in [-0.25, -0.2) is 0 Å². The highest BCUT2D eigenvalue weighted by Crippen LogP contribution is 2.17. The zero-order chi connectivity index (χ0) is 26.7. The molecule has 0 heteroatoms. The molecule has 0 saturated heterocycles. The van der Waals surface area contributed by atoms with Crippen molar-refractivity contribution in [2.75, 3.05) is 0 Å². The summed E-state index contributed by atoms with van der Waals surface area (Å²) in [5.74, 6) is 1.02. The van der Waals surface area contributed by atoms with Crippen molar-refractivity contribution < 1.29 is 0 Å². The Labute approximate surface area is 233 Å². The molecule has 2 rings (SSSR count). The van der Waals surface area contributed by atoms with Crippen LogP contribution in [-0.2, 0) is 0 Å². The quantitative estimate of drug-likeness (QED) is 0.157. The van der Waals surface area contributed by atoms with Gasteiger partial charge in [0.05, 0.1) is 0 Å². The van der Waals surface area contributed by atoms with Crippen molar-refractivity contribution in [1.82, 2.24) is 0 Å². The maximum Gasteiger partial charge on any atom is -0.00104 e. The van der Waals surface area contributed by atoms with E-state index in [0.717, 1.165) is 0 Å². The van der Waals surface area contributed by atoms with E-state index in [1.807, 2.05) is 18.2 Å². The van der Waals surface area contributed by atoms with Gasteiger partial charge >= 0.3 is 0 Å². The molecule has 0 nitrogen and oxygen atoms in total. The van der Waals surface area contributed by atoms with E-state index >= 15 is 0 Å². The smallest absolute Gasteiger partial charge is 0.00104 e. The minimum Gasteiger partial charge on any atom is -0.103 e. The van der Waals surface area contributed by atoms with Crippen LogP contribution >= 0.6 is 0 Å². The molecule has 0 aliphatic rings. The summed E-state index contributed by atoms with van der Waals surface area (Å²) in [6, 6.07) is 21.1. The summed E-state index contributed by atoms with van der Waals surface area (Å²) in [6.07, 6.45) is 24.8.